The van der Waals surface area contributed by atoms with Crippen LogP contribution in [0.1, 0.15) is 12.0 Å². The van der Waals surface area contributed by atoms with Crippen molar-refractivity contribution in [1.29, 1.82) is 0 Å². The normalized spacial score (nSPS) is 16.6. The molecule has 1 aromatic rings. The van der Waals surface area contributed by atoms with Gasteiger partial charge in [0, 0.05) is 39.8 Å². The van der Waals surface area contributed by atoms with Crippen LogP contribution in [0.25, 0.3) is 0 Å². The van der Waals surface area contributed by atoms with Crippen LogP contribution in [0.3, 0.4) is 0 Å². The number of nitrogens with zero attached hydrogens (tertiary/aromatic N) is 1. The Morgan fingerprint density at radius 1 is 1.22 bits per heavy atom. The monoisotopic (exact) mass is 341 g/mol. The lowest BCUT2D eigenvalue weighted by atomic mass is 10.2. The first kappa shape index (κ1) is 18.4. The van der Waals surface area contributed by atoms with Crippen molar-refractivity contribution in [2.45, 2.75) is 17.7 Å². The second kappa shape index (κ2) is 9.34. The highest BCUT2D eigenvalue weighted by atomic mass is 32.2. The van der Waals surface area contributed by atoms with E-state index in [1.807, 2.05) is 12.1 Å². The Balaban J connectivity index is 1.76. The Bertz CT molecular complexity index is 554. The number of benzene rings is 1. The van der Waals surface area contributed by atoms with Gasteiger partial charge in [0.25, 0.3) is 0 Å². The highest BCUT2D eigenvalue weighted by Gasteiger charge is 2.14. The molecule has 0 unspecified atom stereocenters. The van der Waals surface area contributed by atoms with Crippen molar-refractivity contribution in [1.82, 2.24) is 14.9 Å². The fourth-order valence-electron chi connectivity index (χ4n) is 2.58. The molecule has 0 atom stereocenters. The maximum absolute atomic E-state index is 12.2. The Kier molecular flexibility index (Phi) is 7.45. The molecular formula is C16H27N3O3S. The lowest BCUT2D eigenvalue weighted by Gasteiger charge is -2.27. The largest absolute Gasteiger partial charge is 0.384 e. The first-order valence-electron chi connectivity index (χ1n) is 8.12. The quantitative estimate of drug-likeness (QED) is 0.638. The molecule has 2 N–H and O–H groups in total. The van der Waals surface area contributed by atoms with Gasteiger partial charge in [0.1, 0.15) is 0 Å². The van der Waals surface area contributed by atoms with Gasteiger partial charge in [-0.05, 0) is 37.1 Å². The van der Waals surface area contributed by atoms with Gasteiger partial charge in [0.15, 0.2) is 0 Å². The Labute approximate surface area is 139 Å². The molecule has 1 aromatic carbocycles. The van der Waals surface area contributed by atoms with Gasteiger partial charge in [-0.2, -0.15) is 0 Å². The van der Waals surface area contributed by atoms with E-state index in [0.29, 0.717) is 18.0 Å². The lowest BCUT2D eigenvalue weighted by molar-refractivity contribution is 0.202. The molecule has 0 aliphatic carbocycles. The average Bonchev–Trinajstić information content (AvgIpc) is 2.58. The first-order chi connectivity index (χ1) is 11.1. The molecule has 6 nitrogen and oxygen atoms in total. The van der Waals surface area contributed by atoms with Gasteiger partial charge >= 0.3 is 0 Å². The van der Waals surface area contributed by atoms with Gasteiger partial charge in [0.2, 0.25) is 10.0 Å². The van der Waals surface area contributed by atoms with Gasteiger partial charge in [-0.1, -0.05) is 12.1 Å². The number of methoxy groups -OCH3 is 1. The van der Waals surface area contributed by atoms with E-state index < -0.39 is 10.0 Å². The molecule has 2 rings (SSSR count). The number of piperazine rings is 1. The van der Waals surface area contributed by atoms with E-state index in [0.717, 1.165) is 51.1 Å². The summed E-state index contributed by atoms with van der Waals surface area (Å²) in [6.07, 6.45) is 1.61. The van der Waals surface area contributed by atoms with Gasteiger partial charge in [-0.15, -0.1) is 0 Å². The number of nitrogens with one attached hydrogen (secondary N) is 2. The van der Waals surface area contributed by atoms with Crippen LogP contribution < -0.4 is 10.0 Å². The molecule has 130 valence electrons. The third-order valence-corrected chi connectivity index (χ3v) is 5.46. The molecular weight excluding hydrogens is 314 g/mol. The van der Waals surface area contributed by atoms with Crippen LogP contribution in [0.2, 0.25) is 0 Å². The van der Waals surface area contributed by atoms with Crippen LogP contribution in [0.5, 0.6) is 0 Å². The Morgan fingerprint density at radius 3 is 2.57 bits per heavy atom. The summed E-state index contributed by atoms with van der Waals surface area (Å²) in [6.45, 7) is 6.14. The minimum Gasteiger partial charge on any atom is -0.384 e. The van der Waals surface area contributed by atoms with Crippen molar-refractivity contribution in [3.63, 3.8) is 0 Å². The van der Waals surface area contributed by atoms with Gasteiger partial charge in [-0.25, -0.2) is 13.1 Å². The van der Waals surface area contributed by atoms with Crippen molar-refractivity contribution >= 4 is 10.0 Å². The molecule has 7 heteroatoms. The van der Waals surface area contributed by atoms with E-state index >= 15 is 0 Å². The van der Waals surface area contributed by atoms with E-state index in [-0.39, 0.29) is 0 Å². The summed E-state index contributed by atoms with van der Waals surface area (Å²) in [5.74, 6) is 0. The van der Waals surface area contributed by atoms with Crippen LogP contribution in [0.4, 0.5) is 0 Å². The van der Waals surface area contributed by atoms with Gasteiger partial charge < -0.3 is 15.0 Å². The summed E-state index contributed by atoms with van der Waals surface area (Å²) < 4.78 is 32.2. The molecule has 1 aliphatic rings. The van der Waals surface area contributed by atoms with Gasteiger partial charge in [-0.3, -0.25) is 0 Å². The third-order valence-electron chi connectivity index (χ3n) is 3.98. The molecule has 0 aromatic heterocycles. The fraction of sp³-hybridized carbons (Fsp3) is 0.625. The van der Waals surface area contributed by atoms with Crippen molar-refractivity contribution in [2.75, 3.05) is 53.0 Å². The Morgan fingerprint density at radius 2 is 1.91 bits per heavy atom. The van der Waals surface area contributed by atoms with E-state index in [9.17, 15) is 8.42 Å². The summed E-state index contributed by atoms with van der Waals surface area (Å²) in [7, 11) is -1.76. The number of hydrogen-bond donors (Lipinski definition) is 2. The lowest BCUT2D eigenvalue weighted by Crippen LogP contribution is -2.44. The molecule has 0 amide bonds. The van der Waals surface area contributed by atoms with Crippen LogP contribution in [0, 0.1) is 0 Å². The van der Waals surface area contributed by atoms with Crippen molar-refractivity contribution in [2.24, 2.45) is 0 Å². The highest BCUT2D eigenvalue weighted by molar-refractivity contribution is 7.89. The number of rotatable bonds is 9. The van der Waals surface area contributed by atoms with E-state index in [4.69, 9.17) is 4.74 Å². The predicted molar refractivity (Wildman–Crippen MR) is 91.1 cm³/mol. The van der Waals surface area contributed by atoms with Crippen molar-refractivity contribution in [3.05, 3.63) is 29.8 Å². The maximum atomic E-state index is 12.2. The number of sulfonamides is 1. The Hall–Kier alpha value is -0.990. The molecule has 23 heavy (non-hydrogen) atoms. The first-order valence-corrected chi connectivity index (χ1v) is 9.61. The van der Waals surface area contributed by atoms with E-state index in [1.165, 1.54) is 0 Å². The van der Waals surface area contributed by atoms with Crippen LogP contribution in [-0.2, 0) is 21.2 Å². The van der Waals surface area contributed by atoms with Crippen LogP contribution in [0.15, 0.2) is 29.2 Å². The molecule has 1 fully saturated rings. The SMILES string of the molecule is COCCc1ccc(S(=O)(=O)NCCCN2CCNCC2)cc1. The van der Waals surface area contributed by atoms with Gasteiger partial charge in [0.05, 0.1) is 11.5 Å². The summed E-state index contributed by atoms with van der Waals surface area (Å²) in [5.41, 5.74) is 1.07. The topological polar surface area (TPSA) is 70.7 Å². The second-order valence-corrected chi connectivity index (χ2v) is 7.50. The smallest absolute Gasteiger partial charge is 0.240 e. The molecule has 0 saturated carbocycles. The molecule has 1 aliphatic heterocycles. The summed E-state index contributed by atoms with van der Waals surface area (Å²) in [5, 5.41) is 3.31. The summed E-state index contributed by atoms with van der Waals surface area (Å²) in [6, 6.07) is 7.00. The zero-order valence-corrected chi connectivity index (χ0v) is 14.6. The number of ether oxygens (including phenoxy) is 1. The maximum Gasteiger partial charge on any atom is 0.240 e. The van der Waals surface area contributed by atoms with Crippen LogP contribution >= 0.6 is 0 Å². The average molecular weight is 341 g/mol. The van der Waals surface area contributed by atoms with Crippen LogP contribution in [-0.4, -0.2) is 66.3 Å². The minimum atomic E-state index is -3.41. The summed E-state index contributed by atoms with van der Waals surface area (Å²) in [4.78, 5) is 2.68. The second-order valence-electron chi connectivity index (χ2n) is 5.73. The molecule has 1 heterocycles. The predicted octanol–water partition coefficient (Wildman–Crippen LogP) is 0.449. The standard InChI is InChI=1S/C16H27N3O3S/c1-22-14-7-15-3-5-16(6-4-15)23(20,21)18-8-2-11-19-12-9-17-10-13-19/h3-6,17-18H,2,7-14H2,1H3. The summed E-state index contributed by atoms with van der Waals surface area (Å²) >= 11 is 0. The van der Waals surface area contributed by atoms with Crippen molar-refractivity contribution < 1.29 is 13.2 Å². The molecule has 1 saturated heterocycles. The van der Waals surface area contributed by atoms with E-state index in [1.54, 1.807) is 19.2 Å². The molecule has 0 spiro atoms. The third kappa shape index (κ3) is 6.19. The molecule has 0 radical (unpaired) electrons. The fourth-order valence-corrected chi connectivity index (χ4v) is 3.66. The van der Waals surface area contributed by atoms with Crippen molar-refractivity contribution in [3.8, 4) is 0 Å². The van der Waals surface area contributed by atoms with E-state index in [2.05, 4.69) is 14.9 Å². The number of hydrogen-bond acceptors (Lipinski definition) is 5. The zero-order valence-electron chi connectivity index (χ0n) is 13.8. The molecule has 0 bridgehead atoms. The highest BCUT2D eigenvalue weighted by Crippen LogP contribution is 2.11. The minimum absolute atomic E-state index is 0.320. The zero-order chi connectivity index (χ0) is 16.5.